The molecule has 1 amide bonds. The van der Waals surface area contributed by atoms with E-state index >= 15 is 0 Å². The normalized spacial score (nSPS) is 10.3. The van der Waals surface area contributed by atoms with Crippen molar-refractivity contribution >= 4 is 21.8 Å². The van der Waals surface area contributed by atoms with Crippen LogP contribution in [0.4, 0.5) is 4.39 Å². The molecule has 21 heavy (non-hydrogen) atoms. The monoisotopic (exact) mass is 351 g/mol. The summed E-state index contributed by atoms with van der Waals surface area (Å²) in [5.74, 6) is -0.436. The summed E-state index contributed by atoms with van der Waals surface area (Å²) in [6.07, 6.45) is 0. The van der Waals surface area contributed by atoms with E-state index in [1.165, 1.54) is 13.2 Å². The number of aryl methyl sites for hydroxylation is 1. The summed E-state index contributed by atoms with van der Waals surface area (Å²) in [5.41, 5.74) is 2.16. The number of carbonyl (C=O) groups is 1. The van der Waals surface area contributed by atoms with Gasteiger partial charge in [-0.25, -0.2) is 4.39 Å². The van der Waals surface area contributed by atoms with Gasteiger partial charge in [0.1, 0.15) is 0 Å². The predicted molar refractivity (Wildman–Crippen MR) is 83.0 cm³/mol. The maximum Gasteiger partial charge on any atom is 0.251 e. The molecule has 0 heterocycles. The van der Waals surface area contributed by atoms with Gasteiger partial charge in [-0.15, -0.1) is 0 Å². The van der Waals surface area contributed by atoms with Gasteiger partial charge in [0, 0.05) is 16.6 Å². The quantitative estimate of drug-likeness (QED) is 0.908. The molecular formula is C16H15BrFNO2. The Labute approximate surface area is 131 Å². The van der Waals surface area contributed by atoms with E-state index in [1.807, 2.05) is 19.1 Å². The third-order valence-electron chi connectivity index (χ3n) is 3.10. The van der Waals surface area contributed by atoms with Gasteiger partial charge in [0.15, 0.2) is 11.6 Å². The molecule has 0 fully saturated rings. The maximum atomic E-state index is 13.6. The van der Waals surface area contributed by atoms with Gasteiger partial charge in [-0.1, -0.05) is 22.0 Å². The zero-order chi connectivity index (χ0) is 15.4. The lowest BCUT2D eigenvalue weighted by atomic mass is 10.1. The molecule has 0 aliphatic rings. The van der Waals surface area contributed by atoms with E-state index in [4.69, 9.17) is 4.74 Å². The standard InChI is InChI=1S/C16H15BrFNO2/c1-10-7-12(17)4-5-13(10)16(20)19-9-11-3-6-15(21-2)14(18)8-11/h3-8H,9H2,1-2H3,(H,19,20). The highest BCUT2D eigenvalue weighted by Gasteiger charge is 2.10. The Morgan fingerprint density at radius 3 is 2.67 bits per heavy atom. The molecule has 3 nitrogen and oxygen atoms in total. The number of methoxy groups -OCH3 is 1. The third-order valence-corrected chi connectivity index (χ3v) is 3.60. The van der Waals surface area contributed by atoms with Crippen LogP contribution in [0.25, 0.3) is 0 Å². The van der Waals surface area contributed by atoms with Crippen LogP contribution in [0.1, 0.15) is 21.5 Å². The number of hydrogen-bond acceptors (Lipinski definition) is 2. The molecule has 0 radical (unpaired) electrons. The van der Waals surface area contributed by atoms with Crippen LogP contribution >= 0.6 is 15.9 Å². The molecule has 0 aromatic heterocycles. The molecule has 0 spiro atoms. The summed E-state index contributed by atoms with van der Waals surface area (Å²) < 4.78 is 19.3. The maximum absolute atomic E-state index is 13.6. The van der Waals surface area contributed by atoms with Gasteiger partial charge in [0.05, 0.1) is 7.11 Å². The van der Waals surface area contributed by atoms with Crippen LogP contribution < -0.4 is 10.1 Å². The Kier molecular flexibility index (Phi) is 4.96. The minimum absolute atomic E-state index is 0.184. The first-order valence-corrected chi connectivity index (χ1v) is 7.17. The average molecular weight is 352 g/mol. The van der Waals surface area contributed by atoms with Gasteiger partial charge in [-0.3, -0.25) is 4.79 Å². The van der Waals surface area contributed by atoms with Gasteiger partial charge >= 0.3 is 0 Å². The minimum atomic E-state index is -0.441. The van der Waals surface area contributed by atoms with Gasteiger partial charge in [0.25, 0.3) is 5.91 Å². The second kappa shape index (κ2) is 6.72. The van der Waals surface area contributed by atoms with Crippen molar-refractivity contribution in [3.63, 3.8) is 0 Å². The fraction of sp³-hybridized carbons (Fsp3) is 0.188. The Hall–Kier alpha value is -1.88. The van der Waals surface area contributed by atoms with Gasteiger partial charge < -0.3 is 10.1 Å². The highest BCUT2D eigenvalue weighted by molar-refractivity contribution is 9.10. The fourth-order valence-electron chi connectivity index (χ4n) is 1.98. The summed E-state index contributed by atoms with van der Waals surface area (Å²) in [5, 5.41) is 2.78. The average Bonchev–Trinajstić information content (AvgIpc) is 2.45. The largest absolute Gasteiger partial charge is 0.494 e. The molecule has 0 aliphatic carbocycles. The number of rotatable bonds is 4. The molecule has 0 atom stereocenters. The Morgan fingerprint density at radius 2 is 2.05 bits per heavy atom. The SMILES string of the molecule is COc1ccc(CNC(=O)c2ccc(Br)cc2C)cc1F. The van der Waals surface area contributed by atoms with Crippen molar-refractivity contribution in [3.8, 4) is 5.75 Å². The molecule has 0 aliphatic heterocycles. The van der Waals surface area contributed by atoms with E-state index in [-0.39, 0.29) is 18.2 Å². The summed E-state index contributed by atoms with van der Waals surface area (Å²) in [6.45, 7) is 2.13. The van der Waals surface area contributed by atoms with Crippen LogP contribution in [-0.2, 0) is 6.54 Å². The topological polar surface area (TPSA) is 38.3 Å². The van der Waals surface area contributed by atoms with E-state index in [9.17, 15) is 9.18 Å². The molecule has 0 unspecified atom stereocenters. The second-order valence-electron chi connectivity index (χ2n) is 4.61. The molecule has 2 aromatic rings. The number of carbonyl (C=O) groups excluding carboxylic acids is 1. The lowest BCUT2D eigenvalue weighted by Crippen LogP contribution is -2.23. The number of ether oxygens (including phenoxy) is 1. The Morgan fingerprint density at radius 1 is 1.29 bits per heavy atom. The van der Waals surface area contributed by atoms with Gasteiger partial charge in [-0.2, -0.15) is 0 Å². The molecule has 2 aromatic carbocycles. The van der Waals surface area contributed by atoms with Crippen molar-refractivity contribution in [2.75, 3.05) is 7.11 Å². The first-order valence-electron chi connectivity index (χ1n) is 6.38. The Bertz CT molecular complexity index is 673. The van der Waals surface area contributed by atoms with Crippen LogP contribution in [0, 0.1) is 12.7 Å². The smallest absolute Gasteiger partial charge is 0.251 e. The summed E-state index contributed by atoms with van der Waals surface area (Å²) in [6, 6.07) is 10.1. The van der Waals surface area contributed by atoms with Gasteiger partial charge in [-0.05, 0) is 48.4 Å². The number of benzene rings is 2. The van der Waals surface area contributed by atoms with Crippen molar-refractivity contribution in [1.82, 2.24) is 5.32 Å². The highest BCUT2D eigenvalue weighted by atomic mass is 79.9. The van der Waals surface area contributed by atoms with Gasteiger partial charge in [0.2, 0.25) is 0 Å². The zero-order valence-electron chi connectivity index (χ0n) is 11.7. The molecule has 110 valence electrons. The van der Waals surface area contributed by atoms with Crippen molar-refractivity contribution in [2.45, 2.75) is 13.5 Å². The van der Waals surface area contributed by atoms with Crippen molar-refractivity contribution in [2.24, 2.45) is 0 Å². The molecule has 0 saturated carbocycles. The van der Waals surface area contributed by atoms with Crippen LogP contribution in [0.5, 0.6) is 5.75 Å². The molecule has 2 rings (SSSR count). The molecular weight excluding hydrogens is 337 g/mol. The molecule has 1 N–H and O–H groups in total. The molecule has 5 heteroatoms. The van der Waals surface area contributed by atoms with E-state index in [1.54, 1.807) is 18.2 Å². The predicted octanol–water partition coefficient (Wildman–Crippen LogP) is 3.84. The van der Waals surface area contributed by atoms with E-state index in [0.29, 0.717) is 11.1 Å². The van der Waals surface area contributed by atoms with Crippen LogP contribution in [0.15, 0.2) is 40.9 Å². The van der Waals surface area contributed by atoms with Crippen LogP contribution in [0.3, 0.4) is 0 Å². The highest BCUT2D eigenvalue weighted by Crippen LogP contribution is 2.18. The molecule has 0 saturated heterocycles. The number of nitrogens with one attached hydrogen (secondary N) is 1. The number of hydrogen-bond donors (Lipinski definition) is 1. The second-order valence-corrected chi connectivity index (χ2v) is 5.53. The van der Waals surface area contributed by atoms with Crippen molar-refractivity contribution < 1.29 is 13.9 Å². The zero-order valence-corrected chi connectivity index (χ0v) is 13.3. The van der Waals surface area contributed by atoms with Crippen LogP contribution in [0.2, 0.25) is 0 Å². The van der Waals surface area contributed by atoms with Crippen molar-refractivity contribution in [3.05, 3.63) is 63.4 Å². The van der Waals surface area contributed by atoms with E-state index in [0.717, 1.165) is 10.0 Å². The summed E-state index contributed by atoms with van der Waals surface area (Å²) in [7, 11) is 1.41. The minimum Gasteiger partial charge on any atom is -0.494 e. The number of halogens is 2. The van der Waals surface area contributed by atoms with E-state index < -0.39 is 5.82 Å². The molecule has 0 bridgehead atoms. The lowest BCUT2D eigenvalue weighted by molar-refractivity contribution is 0.0950. The summed E-state index contributed by atoms with van der Waals surface area (Å²) >= 11 is 3.36. The lowest BCUT2D eigenvalue weighted by Gasteiger charge is -2.09. The van der Waals surface area contributed by atoms with E-state index in [2.05, 4.69) is 21.2 Å². The first-order chi connectivity index (χ1) is 10.0. The summed E-state index contributed by atoms with van der Waals surface area (Å²) in [4.78, 5) is 12.1. The first kappa shape index (κ1) is 15.5. The van der Waals surface area contributed by atoms with Crippen LogP contribution in [-0.4, -0.2) is 13.0 Å². The fourth-order valence-corrected chi connectivity index (χ4v) is 2.45. The number of amides is 1. The Balaban J connectivity index is 2.05. The van der Waals surface area contributed by atoms with Crippen molar-refractivity contribution in [1.29, 1.82) is 0 Å². The third kappa shape index (κ3) is 3.82.